The standard InChI is InChI=1S/C30H28N2O7/c1-31-13-14-39-24-12-11-21(16-23(24)31)27(33)25-26(20-5-4-6-22(15-20)37-2)32(29(35)28(25)34)17-18-7-9-19(10-8-18)30(36)38-3/h4-12,15-16,26,33H,13-14,17H2,1-3H3/b27-25-. The van der Waals surface area contributed by atoms with Crippen molar-refractivity contribution >= 4 is 29.1 Å². The van der Waals surface area contributed by atoms with E-state index < -0.39 is 23.7 Å². The first-order valence-corrected chi connectivity index (χ1v) is 12.4. The number of ether oxygens (including phenoxy) is 3. The van der Waals surface area contributed by atoms with Crippen molar-refractivity contribution in [2.75, 3.05) is 39.3 Å². The monoisotopic (exact) mass is 528 g/mol. The van der Waals surface area contributed by atoms with Crippen molar-refractivity contribution < 1.29 is 33.7 Å². The molecule has 0 saturated carbocycles. The molecular weight excluding hydrogens is 500 g/mol. The van der Waals surface area contributed by atoms with Gasteiger partial charge < -0.3 is 29.1 Å². The number of anilines is 1. The number of nitrogens with zero attached hydrogens (tertiary/aromatic N) is 2. The molecule has 1 unspecified atom stereocenters. The van der Waals surface area contributed by atoms with Crippen molar-refractivity contribution in [3.8, 4) is 11.5 Å². The van der Waals surface area contributed by atoms with E-state index in [1.807, 2.05) is 11.9 Å². The first kappa shape index (κ1) is 25.8. The second-order valence-corrected chi connectivity index (χ2v) is 9.34. The van der Waals surface area contributed by atoms with Gasteiger partial charge in [0.05, 0.1) is 43.6 Å². The van der Waals surface area contributed by atoms with Gasteiger partial charge in [-0.2, -0.15) is 0 Å². The molecule has 9 nitrogen and oxygen atoms in total. The Morgan fingerprint density at radius 1 is 1.03 bits per heavy atom. The Kier molecular flexibility index (Phi) is 6.98. The van der Waals surface area contributed by atoms with Crippen LogP contribution >= 0.6 is 0 Å². The van der Waals surface area contributed by atoms with Crippen molar-refractivity contribution in [2.45, 2.75) is 12.6 Å². The van der Waals surface area contributed by atoms with E-state index in [4.69, 9.17) is 14.2 Å². The fourth-order valence-electron chi connectivity index (χ4n) is 4.92. The molecule has 2 aliphatic rings. The number of carbonyl (C=O) groups is 3. The number of amides is 1. The summed E-state index contributed by atoms with van der Waals surface area (Å²) in [7, 11) is 4.76. The molecule has 1 fully saturated rings. The first-order chi connectivity index (χ1) is 18.8. The summed E-state index contributed by atoms with van der Waals surface area (Å²) in [6, 6.07) is 18.0. The summed E-state index contributed by atoms with van der Waals surface area (Å²) in [4.78, 5) is 42.1. The van der Waals surface area contributed by atoms with E-state index in [0.717, 1.165) is 5.69 Å². The van der Waals surface area contributed by atoms with Gasteiger partial charge in [0.25, 0.3) is 11.7 Å². The summed E-state index contributed by atoms with van der Waals surface area (Å²) in [5, 5.41) is 11.5. The lowest BCUT2D eigenvalue weighted by Gasteiger charge is -2.28. The molecule has 3 aromatic carbocycles. The molecule has 0 aliphatic carbocycles. The Labute approximate surface area is 225 Å². The lowest BCUT2D eigenvalue weighted by Crippen LogP contribution is -2.29. The number of aliphatic hydroxyl groups is 1. The van der Waals surface area contributed by atoms with E-state index in [1.54, 1.807) is 66.7 Å². The Morgan fingerprint density at radius 3 is 2.49 bits per heavy atom. The number of ketones is 1. The van der Waals surface area contributed by atoms with Crippen LogP contribution in [0.1, 0.15) is 33.1 Å². The Morgan fingerprint density at radius 2 is 1.77 bits per heavy atom. The second kappa shape index (κ2) is 10.5. The molecule has 1 amide bonds. The minimum Gasteiger partial charge on any atom is -0.507 e. The predicted molar refractivity (Wildman–Crippen MR) is 144 cm³/mol. The van der Waals surface area contributed by atoms with E-state index >= 15 is 0 Å². The molecule has 39 heavy (non-hydrogen) atoms. The number of benzene rings is 3. The number of hydrogen-bond donors (Lipinski definition) is 1. The van der Waals surface area contributed by atoms with Gasteiger partial charge in [0.1, 0.15) is 23.9 Å². The number of aliphatic hydroxyl groups excluding tert-OH is 1. The van der Waals surface area contributed by atoms with E-state index in [2.05, 4.69) is 0 Å². The smallest absolute Gasteiger partial charge is 0.337 e. The fourth-order valence-corrected chi connectivity index (χ4v) is 4.92. The van der Waals surface area contributed by atoms with Gasteiger partial charge in [-0.05, 0) is 53.6 Å². The normalized spacial score (nSPS) is 18.0. The molecule has 2 aliphatic heterocycles. The van der Waals surface area contributed by atoms with E-state index in [0.29, 0.717) is 46.9 Å². The molecule has 9 heteroatoms. The number of rotatable bonds is 6. The Bertz CT molecular complexity index is 1480. The average Bonchev–Trinajstić information content (AvgIpc) is 3.21. The third kappa shape index (κ3) is 4.79. The van der Waals surface area contributed by atoms with E-state index in [9.17, 15) is 19.5 Å². The van der Waals surface area contributed by atoms with Crippen LogP contribution in [0.2, 0.25) is 0 Å². The predicted octanol–water partition coefficient (Wildman–Crippen LogP) is 3.93. The molecule has 1 saturated heterocycles. The minimum absolute atomic E-state index is 0.0150. The van der Waals surface area contributed by atoms with Crippen molar-refractivity contribution in [3.63, 3.8) is 0 Å². The lowest BCUT2D eigenvalue weighted by molar-refractivity contribution is -0.140. The highest BCUT2D eigenvalue weighted by Gasteiger charge is 2.46. The Balaban J connectivity index is 1.60. The zero-order valence-corrected chi connectivity index (χ0v) is 21.8. The van der Waals surface area contributed by atoms with Crippen molar-refractivity contribution in [1.82, 2.24) is 4.90 Å². The van der Waals surface area contributed by atoms with Crippen LogP contribution in [0.5, 0.6) is 11.5 Å². The SMILES string of the molecule is COC(=O)c1ccc(CN2C(=O)C(=O)/C(=C(\O)c3ccc4c(c3)N(C)CCO4)C2c2cccc(OC)c2)cc1. The summed E-state index contributed by atoms with van der Waals surface area (Å²) < 4.78 is 15.9. The maximum absolute atomic E-state index is 13.5. The van der Waals surface area contributed by atoms with Crippen molar-refractivity contribution in [2.24, 2.45) is 0 Å². The molecule has 1 atom stereocenters. The van der Waals surface area contributed by atoms with Gasteiger partial charge in [0.15, 0.2) is 0 Å². The summed E-state index contributed by atoms with van der Waals surface area (Å²) in [5.41, 5.74) is 2.85. The average molecular weight is 529 g/mol. The molecule has 0 radical (unpaired) electrons. The molecule has 5 rings (SSSR count). The summed E-state index contributed by atoms with van der Waals surface area (Å²) in [5.74, 6) is -1.03. The maximum Gasteiger partial charge on any atom is 0.337 e. The zero-order valence-electron chi connectivity index (χ0n) is 21.8. The van der Waals surface area contributed by atoms with Gasteiger partial charge in [0, 0.05) is 19.2 Å². The number of Topliss-reactive ketones (excluding diaryl/α,β-unsaturated/α-hetero) is 1. The molecule has 200 valence electrons. The van der Waals surface area contributed by atoms with E-state index in [1.165, 1.54) is 19.1 Å². The lowest BCUT2D eigenvalue weighted by atomic mass is 9.94. The molecular formula is C30H28N2O7. The minimum atomic E-state index is -0.870. The third-order valence-electron chi connectivity index (χ3n) is 7.01. The van der Waals surface area contributed by atoms with Crippen molar-refractivity contribution in [1.29, 1.82) is 0 Å². The molecule has 0 spiro atoms. The number of methoxy groups -OCH3 is 2. The van der Waals surface area contributed by atoms with Crippen LogP contribution in [0.3, 0.4) is 0 Å². The number of likely N-dealkylation sites (N-methyl/N-ethyl adjacent to an activating group) is 1. The zero-order chi connectivity index (χ0) is 27.7. The van der Waals surface area contributed by atoms with Gasteiger partial charge in [-0.1, -0.05) is 24.3 Å². The number of esters is 1. The highest BCUT2D eigenvalue weighted by molar-refractivity contribution is 6.46. The fraction of sp³-hybridized carbons (Fsp3) is 0.233. The summed E-state index contributed by atoms with van der Waals surface area (Å²) in [6.07, 6.45) is 0. The Hall–Kier alpha value is -4.79. The second-order valence-electron chi connectivity index (χ2n) is 9.34. The van der Waals surface area contributed by atoms with Crippen molar-refractivity contribution in [3.05, 3.63) is 94.6 Å². The number of hydrogen-bond acceptors (Lipinski definition) is 8. The number of likely N-dealkylation sites (tertiary alicyclic amines) is 1. The van der Waals surface area contributed by atoms with Gasteiger partial charge in [-0.3, -0.25) is 9.59 Å². The van der Waals surface area contributed by atoms with Crippen LogP contribution in [0, 0.1) is 0 Å². The van der Waals surface area contributed by atoms with Crippen LogP contribution in [0.15, 0.2) is 72.3 Å². The molecule has 0 bridgehead atoms. The number of fused-ring (bicyclic) bond motifs is 1. The molecule has 1 N–H and O–H groups in total. The van der Waals surface area contributed by atoms with Gasteiger partial charge >= 0.3 is 5.97 Å². The number of carbonyl (C=O) groups excluding carboxylic acids is 3. The molecule has 0 aromatic heterocycles. The van der Waals surface area contributed by atoms with Crippen LogP contribution in [0.4, 0.5) is 5.69 Å². The quantitative estimate of drug-likeness (QED) is 0.222. The van der Waals surface area contributed by atoms with Gasteiger partial charge in [-0.25, -0.2) is 4.79 Å². The molecule has 2 heterocycles. The summed E-state index contributed by atoms with van der Waals surface area (Å²) >= 11 is 0. The van der Waals surface area contributed by atoms with Gasteiger partial charge in [0.2, 0.25) is 0 Å². The van der Waals surface area contributed by atoms with Crippen LogP contribution in [-0.4, -0.2) is 62.1 Å². The highest BCUT2D eigenvalue weighted by atomic mass is 16.5. The van der Waals surface area contributed by atoms with Crippen LogP contribution < -0.4 is 14.4 Å². The summed E-state index contributed by atoms with van der Waals surface area (Å²) in [6.45, 7) is 1.31. The topological polar surface area (TPSA) is 106 Å². The molecule has 3 aromatic rings. The highest BCUT2D eigenvalue weighted by Crippen LogP contribution is 2.42. The van der Waals surface area contributed by atoms with E-state index in [-0.39, 0.29) is 17.9 Å². The largest absolute Gasteiger partial charge is 0.507 e. The first-order valence-electron chi connectivity index (χ1n) is 12.4. The van der Waals surface area contributed by atoms with Gasteiger partial charge in [-0.15, -0.1) is 0 Å². The maximum atomic E-state index is 13.5. The van der Waals surface area contributed by atoms with Crippen LogP contribution in [-0.2, 0) is 20.9 Å². The van der Waals surface area contributed by atoms with Crippen LogP contribution in [0.25, 0.3) is 5.76 Å². The third-order valence-corrected chi connectivity index (χ3v) is 7.01.